The summed E-state index contributed by atoms with van der Waals surface area (Å²) in [5.74, 6) is -2.78. The van der Waals surface area contributed by atoms with Crippen LogP contribution < -0.4 is 0 Å². The van der Waals surface area contributed by atoms with E-state index in [1.54, 1.807) is 20.8 Å². The van der Waals surface area contributed by atoms with Crippen molar-refractivity contribution >= 4 is 17.9 Å². The second-order valence-electron chi connectivity index (χ2n) is 8.62. The highest BCUT2D eigenvalue weighted by Gasteiger charge is 2.32. The van der Waals surface area contributed by atoms with Crippen molar-refractivity contribution in [3.05, 3.63) is 59.7 Å². The number of hydrogen-bond acceptors (Lipinski definition) is 6. The molecule has 1 aliphatic rings. The largest absolute Gasteiger partial charge is 0.469 e. The highest BCUT2D eigenvalue weighted by atomic mass is 16.6. The Labute approximate surface area is 182 Å². The van der Waals surface area contributed by atoms with Gasteiger partial charge in [-0.25, -0.2) is 0 Å². The Balaban J connectivity index is 1.69. The third kappa shape index (κ3) is 5.51. The average Bonchev–Trinajstić information content (AvgIpc) is 3.04. The summed E-state index contributed by atoms with van der Waals surface area (Å²) in [5, 5.41) is 0. The van der Waals surface area contributed by atoms with Gasteiger partial charge in [0.25, 0.3) is 0 Å². The van der Waals surface area contributed by atoms with Crippen molar-refractivity contribution in [1.82, 2.24) is 0 Å². The first-order valence-corrected chi connectivity index (χ1v) is 10.3. The zero-order chi connectivity index (χ0) is 22.6. The van der Waals surface area contributed by atoms with Crippen LogP contribution in [0, 0.1) is 5.92 Å². The average molecular weight is 424 g/mol. The second-order valence-corrected chi connectivity index (χ2v) is 8.62. The smallest absolute Gasteiger partial charge is 0.310 e. The summed E-state index contributed by atoms with van der Waals surface area (Å²) in [7, 11) is 1.24. The van der Waals surface area contributed by atoms with Gasteiger partial charge in [0.15, 0.2) is 0 Å². The minimum absolute atomic E-state index is 0.0723. The molecule has 0 aromatic heterocycles. The SMILES string of the molecule is COC(=O)C[C@H](CC(=O)OCC1c2ccccc2-c2ccccc21)C(=O)OC(C)(C)C. The van der Waals surface area contributed by atoms with Gasteiger partial charge in [0.2, 0.25) is 0 Å². The predicted molar refractivity (Wildman–Crippen MR) is 115 cm³/mol. The molecular weight excluding hydrogens is 396 g/mol. The minimum Gasteiger partial charge on any atom is -0.469 e. The molecular formula is C25H28O6. The molecule has 0 spiro atoms. The van der Waals surface area contributed by atoms with E-state index >= 15 is 0 Å². The summed E-state index contributed by atoms with van der Waals surface area (Å²) in [6, 6.07) is 16.1. The van der Waals surface area contributed by atoms with Crippen LogP contribution in [0.3, 0.4) is 0 Å². The van der Waals surface area contributed by atoms with E-state index in [1.807, 2.05) is 36.4 Å². The van der Waals surface area contributed by atoms with Gasteiger partial charge in [-0.3, -0.25) is 14.4 Å². The first-order valence-electron chi connectivity index (χ1n) is 10.3. The molecule has 0 radical (unpaired) electrons. The lowest BCUT2D eigenvalue weighted by molar-refractivity contribution is -0.166. The van der Waals surface area contributed by atoms with Crippen LogP contribution >= 0.6 is 0 Å². The van der Waals surface area contributed by atoms with Gasteiger partial charge in [-0.1, -0.05) is 48.5 Å². The Morgan fingerprint density at radius 3 is 1.90 bits per heavy atom. The van der Waals surface area contributed by atoms with Gasteiger partial charge < -0.3 is 14.2 Å². The van der Waals surface area contributed by atoms with Crippen LogP contribution in [0.2, 0.25) is 0 Å². The standard InChI is InChI=1S/C25H28O6/c1-25(2,3)31-24(28)16(13-22(26)29-4)14-23(27)30-15-21-19-11-7-5-9-17(19)18-10-6-8-12-20(18)21/h5-12,16,21H,13-15H2,1-4H3/t16-/m1/s1. The number of fused-ring (bicyclic) bond motifs is 3. The fraction of sp³-hybridized carbons (Fsp3) is 0.400. The van der Waals surface area contributed by atoms with E-state index in [9.17, 15) is 14.4 Å². The third-order valence-corrected chi connectivity index (χ3v) is 5.17. The van der Waals surface area contributed by atoms with Crippen molar-refractivity contribution in [2.45, 2.75) is 45.1 Å². The van der Waals surface area contributed by atoms with Crippen LogP contribution in [0.15, 0.2) is 48.5 Å². The quantitative estimate of drug-likeness (QED) is 0.488. The zero-order valence-corrected chi connectivity index (χ0v) is 18.3. The number of carbonyl (C=O) groups excluding carboxylic acids is 3. The van der Waals surface area contributed by atoms with Crippen molar-refractivity contribution in [1.29, 1.82) is 0 Å². The summed E-state index contributed by atoms with van der Waals surface area (Å²) in [5.41, 5.74) is 3.75. The Morgan fingerprint density at radius 1 is 0.871 bits per heavy atom. The van der Waals surface area contributed by atoms with Gasteiger partial charge in [-0.05, 0) is 43.0 Å². The molecule has 3 rings (SSSR count). The topological polar surface area (TPSA) is 78.9 Å². The third-order valence-electron chi connectivity index (χ3n) is 5.17. The zero-order valence-electron chi connectivity index (χ0n) is 18.3. The molecule has 0 amide bonds. The minimum atomic E-state index is -0.956. The lowest BCUT2D eigenvalue weighted by Gasteiger charge is -2.23. The Bertz CT molecular complexity index is 926. The Kier molecular flexibility index (Phi) is 6.78. The van der Waals surface area contributed by atoms with E-state index in [2.05, 4.69) is 16.9 Å². The maximum atomic E-state index is 12.6. The van der Waals surface area contributed by atoms with Gasteiger partial charge in [0.1, 0.15) is 12.2 Å². The molecule has 0 heterocycles. The molecule has 6 nitrogen and oxygen atoms in total. The van der Waals surface area contributed by atoms with E-state index in [-0.39, 0.29) is 25.4 Å². The number of methoxy groups -OCH3 is 1. The van der Waals surface area contributed by atoms with Gasteiger partial charge in [-0.15, -0.1) is 0 Å². The maximum absolute atomic E-state index is 12.6. The molecule has 0 N–H and O–H groups in total. The number of rotatable bonds is 7. The Hall–Kier alpha value is -3.15. The van der Waals surface area contributed by atoms with E-state index in [0.29, 0.717) is 0 Å². The number of carbonyl (C=O) groups is 3. The van der Waals surface area contributed by atoms with Crippen molar-refractivity contribution in [2.75, 3.05) is 13.7 Å². The summed E-state index contributed by atoms with van der Waals surface area (Å²) in [6.45, 7) is 5.35. The first kappa shape index (κ1) is 22.5. The molecule has 0 saturated carbocycles. The van der Waals surface area contributed by atoms with Crippen molar-refractivity contribution in [3.63, 3.8) is 0 Å². The van der Waals surface area contributed by atoms with Crippen LogP contribution in [-0.2, 0) is 28.6 Å². The van der Waals surface area contributed by atoms with E-state index in [1.165, 1.54) is 7.11 Å². The summed E-state index contributed by atoms with van der Waals surface area (Å²) in [6.07, 6.45) is -0.490. The lowest BCUT2D eigenvalue weighted by atomic mass is 9.98. The van der Waals surface area contributed by atoms with Crippen LogP contribution in [-0.4, -0.2) is 37.2 Å². The number of benzene rings is 2. The maximum Gasteiger partial charge on any atom is 0.310 e. The van der Waals surface area contributed by atoms with Crippen LogP contribution in [0.1, 0.15) is 50.7 Å². The number of ether oxygens (including phenoxy) is 3. The summed E-state index contributed by atoms with van der Waals surface area (Å²) >= 11 is 0. The molecule has 0 fully saturated rings. The summed E-state index contributed by atoms with van der Waals surface area (Å²) in [4.78, 5) is 36.8. The molecule has 164 valence electrons. The van der Waals surface area contributed by atoms with Crippen molar-refractivity contribution in [2.24, 2.45) is 5.92 Å². The van der Waals surface area contributed by atoms with Gasteiger partial charge in [0.05, 0.1) is 25.9 Å². The molecule has 0 aliphatic heterocycles. The molecule has 6 heteroatoms. The molecule has 1 atom stereocenters. The van der Waals surface area contributed by atoms with Crippen LogP contribution in [0.5, 0.6) is 0 Å². The summed E-state index contributed by atoms with van der Waals surface area (Å²) < 4.78 is 15.6. The van der Waals surface area contributed by atoms with Gasteiger partial charge in [-0.2, -0.15) is 0 Å². The molecule has 0 saturated heterocycles. The lowest BCUT2D eigenvalue weighted by Crippen LogP contribution is -2.32. The molecule has 0 bridgehead atoms. The Morgan fingerprint density at radius 2 is 1.39 bits per heavy atom. The highest BCUT2D eigenvalue weighted by Crippen LogP contribution is 2.44. The molecule has 31 heavy (non-hydrogen) atoms. The van der Waals surface area contributed by atoms with E-state index in [0.717, 1.165) is 22.3 Å². The van der Waals surface area contributed by atoms with Crippen molar-refractivity contribution < 1.29 is 28.6 Å². The highest BCUT2D eigenvalue weighted by molar-refractivity contribution is 5.85. The van der Waals surface area contributed by atoms with E-state index < -0.39 is 29.4 Å². The molecule has 0 unspecified atom stereocenters. The number of hydrogen-bond donors (Lipinski definition) is 0. The first-order chi connectivity index (χ1) is 14.7. The van der Waals surface area contributed by atoms with Crippen LogP contribution in [0.4, 0.5) is 0 Å². The molecule has 2 aromatic carbocycles. The second kappa shape index (κ2) is 9.33. The van der Waals surface area contributed by atoms with Gasteiger partial charge >= 0.3 is 17.9 Å². The monoisotopic (exact) mass is 424 g/mol. The van der Waals surface area contributed by atoms with Crippen LogP contribution in [0.25, 0.3) is 11.1 Å². The predicted octanol–water partition coefficient (Wildman–Crippen LogP) is 4.25. The fourth-order valence-electron chi connectivity index (χ4n) is 3.78. The van der Waals surface area contributed by atoms with Gasteiger partial charge in [0, 0.05) is 5.92 Å². The fourth-order valence-corrected chi connectivity index (χ4v) is 3.78. The van der Waals surface area contributed by atoms with Crippen molar-refractivity contribution in [3.8, 4) is 11.1 Å². The van der Waals surface area contributed by atoms with E-state index in [4.69, 9.17) is 9.47 Å². The normalized spacial score (nSPS) is 13.7. The molecule has 2 aromatic rings. The number of esters is 3. The molecule has 1 aliphatic carbocycles.